The highest BCUT2D eigenvalue weighted by Gasteiger charge is 2.43. The second-order valence-corrected chi connectivity index (χ2v) is 20.2. The van der Waals surface area contributed by atoms with Gasteiger partial charge in [-0.25, -0.2) is 0 Å². The molecule has 0 spiro atoms. The van der Waals surface area contributed by atoms with Gasteiger partial charge < -0.3 is 9.13 Å². The Balaban J connectivity index is 1.17. The minimum absolute atomic E-state index is 1.13. The van der Waals surface area contributed by atoms with E-state index in [2.05, 4.69) is 264 Å². The Hall–Kier alpha value is -7.98. The molecule has 3 heteroatoms. The fourth-order valence-corrected chi connectivity index (χ4v) is 15.3. The molecule has 2 heterocycles. The first kappa shape index (κ1) is 36.8. The minimum Gasteiger partial charge on any atom is -0.309 e. The lowest BCUT2D eigenvalue weighted by molar-refractivity contribution is 1.15. The maximum absolute atomic E-state index is 2.93. The van der Waals surface area contributed by atoms with Gasteiger partial charge in [0.2, 0.25) is 0 Å². The van der Waals surface area contributed by atoms with Gasteiger partial charge in [-0.3, -0.25) is 0 Å². The maximum Gasteiger partial charge on any atom is 0.180 e. The first-order valence-electron chi connectivity index (χ1n) is 21.8. The van der Waals surface area contributed by atoms with Crippen molar-refractivity contribution in [2.24, 2.45) is 0 Å². The molecule has 0 amide bonds. The van der Waals surface area contributed by atoms with Crippen molar-refractivity contribution in [3.8, 4) is 33.6 Å². The number of nitrogens with zero attached hydrogens (tertiary/aromatic N) is 2. The van der Waals surface area contributed by atoms with E-state index >= 15 is 0 Å². The summed E-state index contributed by atoms with van der Waals surface area (Å²) in [6.45, 7) is 0. The second-order valence-electron chi connectivity index (χ2n) is 16.4. The Morgan fingerprint density at radius 2 is 0.698 bits per heavy atom. The summed E-state index contributed by atoms with van der Waals surface area (Å²) in [4.78, 5) is 0. The summed E-state index contributed by atoms with van der Waals surface area (Å²) in [5.74, 6) is 0. The molecule has 63 heavy (non-hydrogen) atoms. The average Bonchev–Trinajstić information content (AvgIpc) is 3.88. The highest BCUT2D eigenvalue weighted by molar-refractivity contribution is 7.20. The number of fused-ring (bicyclic) bond motifs is 6. The highest BCUT2D eigenvalue weighted by Crippen LogP contribution is 2.39. The monoisotopic (exact) mass is 818 g/mol. The van der Waals surface area contributed by atoms with Crippen molar-refractivity contribution in [1.82, 2.24) is 9.13 Å². The molecule has 0 bridgehead atoms. The molecule has 0 aliphatic carbocycles. The Bertz CT molecular complexity index is 3480. The van der Waals surface area contributed by atoms with E-state index in [4.69, 9.17) is 0 Å². The van der Waals surface area contributed by atoms with Crippen molar-refractivity contribution in [3.63, 3.8) is 0 Å². The molecule has 0 saturated heterocycles. The number of benzene rings is 10. The minimum atomic E-state index is -2.93. The fourth-order valence-electron chi connectivity index (χ4n) is 10.3. The number of rotatable bonds is 8. The van der Waals surface area contributed by atoms with Crippen molar-refractivity contribution < 1.29 is 0 Å². The van der Waals surface area contributed by atoms with E-state index in [1.54, 1.807) is 0 Å². The maximum atomic E-state index is 2.52. The Morgan fingerprint density at radius 1 is 0.254 bits per heavy atom. The van der Waals surface area contributed by atoms with Gasteiger partial charge in [0.25, 0.3) is 0 Å². The molecule has 0 saturated carbocycles. The van der Waals surface area contributed by atoms with Gasteiger partial charge in [-0.05, 0) is 91.5 Å². The summed E-state index contributed by atoms with van der Waals surface area (Å²) in [5, 5.41) is 10.5. The van der Waals surface area contributed by atoms with Crippen LogP contribution in [0.1, 0.15) is 0 Å². The summed E-state index contributed by atoms with van der Waals surface area (Å²) in [6, 6.07) is 94.3. The van der Waals surface area contributed by atoms with Crippen molar-refractivity contribution in [3.05, 3.63) is 255 Å². The summed E-state index contributed by atoms with van der Waals surface area (Å²) in [7, 11) is -2.93. The summed E-state index contributed by atoms with van der Waals surface area (Å²) < 4.78 is 4.96. The zero-order chi connectivity index (χ0) is 41.7. The van der Waals surface area contributed by atoms with Crippen molar-refractivity contribution in [1.29, 1.82) is 0 Å². The third-order valence-electron chi connectivity index (χ3n) is 13.1. The van der Waals surface area contributed by atoms with Gasteiger partial charge in [0, 0.05) is 32.9 Å². The molecule has 2 aromatic heterocycles. The molecule has 2 nitrogen and oxygen atoms in total. The van der Waals surface area contributed by atoms with E-state index < -0.39 is 8.07 Å². The van der Waals surface area contributed by atoms with Crippen LogP contribution in [-0.4, -0.2) is 17.2 Å². The topological polar surface area (TPSA) is 9.86 Å². The van der Waals surface area contributed by atoms with Crippen LogP contribution < -0.4 is 20.7 Å². The van der Waals surface area contributed by atoms with Gasteiger partial charge in [0.05, 0.1) is 22.1 Å². The second kappa shape index (κ2) is 15.2. The molecule has 12 rings (SSSR count). The normalized spacial score (nSPS) is 11.8. The summed E-state index contributed by atoms with van der Waals surface area (Å²) >= 11 is 0. The van der Waals surface area contributed by atoms with Crippen LogP contribution in [-0.2, 0) is 0 Å². The third-order valence-corrected chi connectivity index (χ3v) is 17.9. The van der Waals surface area contributed by atoms with Crippen LogP contribution in [0.5, 0.6) is 0 Å². The number of hydrogen-bond acceptors (Lipinski definition) is 0. The van der Waals surface area contributed by atoms with E-state index in [1.165, 1.54) is 86.6 Å². The van der Waals surface area contributed by atoms with Crippen LogP contribution in [0.2, 0.25) is 0 Å². The fraction of sp³-hybridized carbons (Fsp3) is 0. The first-order valence-corrected chi connectivity index (χ1v) is 23.8. The van der Waals surface area contributed by atoms with Gasteiger partial charge in [-0.2, -0.15) is 0 Å². The lowest BCUT2D eigenvalue weighted by atomic mass is 10.0. The Morgan fingerprint density at radius 3 is 1.32 bits per heavy atom. The molecule has 10 aromatic carbocycles. The van der Waals surface area contributed by atoms with Gasteiger partial charge in [-0.1, -0.05) is 206 Å². The van der Waals surface area contributed by atoms with Crippen LogP contribution in [0, 0.1) is 0 Å². The molecule has 0 atom stereocenters. The molecule has 0 fully saturated rings. The van der Waals surface area contributed by atoms with Gasteiger partial charge in [0.1, 0.15) is 0 Å². The molecule has 0 aliphatic rings. The SMILES string of the molecule is c1ccc(-c2ccc(-n3c4ccccc4c4ccc(-n5c6ccc(-c7ccccc7)cc6c6c([Si](c7ccccc7)(c7ccccc7)c7ccccc7)cccc65)cc43)cc2)cc1. The van der Waals surface area contributed by atoms with Gasteiger partial charge >= 0.3 is 0 Å². The molecule has 0 unspecified atom stereocenters. The summed E-state index contributed by atoms with van der Waals surface area (Å²) in [6.07, 6.45) is 0. The lowest BCUT2D eigenvalue weighted by Gasteiger charge is -2.35. The highest BCUT2D eigenvalue weighted by atomic mass is 28.3. The molecule has 0 radical (unpaired) electrons. The van der Waals surface area contributed by atoms with E-state index in [1.807, 2.05) is 0 Å². The van der Waals surface area contributed by atoms with Crippen LogP contribution in [0.3, 0.4) is 0 Å². The quantitative estimate of drug-likeness (QED) is 0.107. The first-order chi connectivity index (χ1) is 31.3. The van der Waals surface area contributed by atoms with Crippen molar-refractivity contribution in [2.45, 2.75) is 0 Å². The zero-order valence-electron chi connectivity index (χ0n) is 34.6. The molecular formula is C60H42N2Si. The van der Waals surface area contributed by atoms with Crippen LogP contribution >= 0.6 is 0 Å². The summed E-state index contributed by atoms with van der Waals surface area (Å²) in [5.41, 5.74) is 11.9. The van der Waals surface area contributed by atoms with Gasteiger partial charge in [0.15, 0.2) is 8.07 Å². The molecule has 0 N–H and O–H groups in total. The standard InChI is InChI=1S/C60H42N2Si/c1-6-19-43(20-7-1)45-33-36-47(37-34-45)61-55-30-17-16-29-52(55)53-39-38-48(42-58(53)61)62-56-40-35-46(44-21-8-2-9-22-44)41-54(56)60-57(62)31-18-32-59(60)63(49-23-10-3-11-24-49,50-25-12-4-13-26-50)51-27-14-5-15-28-51/h1-42H. The van der Waals surface area contributed by atoms with Gasteiger partial charge in [-0.15, -0.1) is 0 Å². The average molecular weight is 819 g/mol. The van der Waals surface area contributed by atoms with E-state index in [0.29, 0.717) is 0 Å². The Labute approximate surface area is 368 Å². The lowest BCUT2D eigenvalue weighted by Crippen LogP contribution is -2.74. The van der Waals surface area contributed by atoms with Crippen molar-refractivity contribution in [2.75, 3.05) is 0 Å². The van der Waals surface area contributed by atoms with Crippen LogP contribution in [0.4, 0.5) is 0 Å². The molecule has 0 aliphatic heterocycles. The van der Waals surface area contributed by atoms with Crippen LogP contribution in [0.25, 0.3) is 77.2 Å². The molecule has 12 aromatic rings. The predicted molar refractivity (Wildman–Crippen MR) is 270 cm³/mol. The number of aromatic nitrogens is 2. The van der Waals surface area contributed by atoms with E-state index in [0.717, 1.165) is 11.4 Å². The van der Waals surface area contributed by atoms with E-state index in [-0.39, 0.29) is 0 Å². The Kier molecular flexibility index (Phi) is 8.87. The smallest absolute Gasteiger partial charge is 0.180 e. The molecular weight excluding hydrogens is 777 g/mol. The van der Waals surface area contributed by atoms with Crippen LogP contribution in [0.15, 0.2) is 255 Å². The number of para-hydroxylation sites is 1. The third kappa shape index (κ3) is 5.93. The largest absolute Gasteiger partial charge is 0.309 e. The van der Waals surface area contributed by atoms with E-state index in [9.17, 15) is 0 Å². The zero-order valence-corrected chi connectivity index (χ0v) is 35.6. The van der Waals surface area contributed by atoms with Crippen molar-refractivity contribution >= 4 is 72.4 Å². The number of hydrogen-bond donors (Lipinski definition) is 0. The predicted octanol–water partition coefficient (Wildman–Crippen LogP) is 12.6. The molecule has 296 valence electrons.